The maximum absolute atomic E-state index is 12.1. The molecule has 0 bridgehead atoms. The smallest absolute Gasteiger partial charge is 0.225 e. The minimum absolute atomic E-state index is 0.0787. The maximum atomic E-state index is 12.1. The Morgan fingerprint density at radius 1 is 1.26 bits per heavy atom. The summed E-state index contributed by atoms with van der Waals surface area (Å²) in [6.07, 6.45) is 2.23. The molecule has 2 aliphatic heterocycles. The zero-order valence-corrected chi connectivity index (χ0v) is 15.1. The van der Waals surface area contributed by atoms with Gasteiger partial charge in [-0.05, 0) is 39.3 Å². The van der Waals surface area contributed by atoms with Crippen molar-refractivity contribution in [3.63, 3.8) is 0 Å². The van der Waals surface area contributed by atoms with Gasteiger partial charge in [0.15, 0.2) is 5.96 Å². The summed E-state index contributed by atoms with van der Waals surface area (Å²) in [5.74, 6) is 1.89. The number of hydrogen-bond donors (Lipinski definition) is 2. The average molecular weight is 323 g/mol. The van der Waals surface area contributed by atoms with Crippen molar-refractivity contribution in [1.29, 1.82) is 0 Å². The summed E-state index contributed by atoms with van der Waals surface area (Å²) >= 11 is 0. The van der Waals surface area contributed by atoms with Gasteiger partial charge in [0.25, 0.3) is 0 Å². The van der Waals surface area contributed by atoms with Crippen molar-refractivity contribution in [2.45, 2.75) is 39.7 Å². The first kappa shape index (κ1) is 18.0. The first-order chi connectivity index (χ1) is 11.0. The first-order valence-electron chi connectivity index (χ1n) is 9.01. The van der Waals surface area contributed by atoms with Gasteiger partial charge in [-0.15, -0.1) is 0 Å². The molecule has 2 N–H and O–H groups in total. The fraction of sp³-hybridized carbons (Fsp3) is 0.882. The molecule has 0 radical (unpaired) electrons. The number of hydrogen-bond acceptors (Lipinski definition) is 3. The monoisotopic (exact) mass is 323 g/mol. The molecule has 2 unspecified atom stereocenters. The topological polar surface area (TPSA) is 60.0 Å². The van der Waals surface area contributed by atoms with Crippen molar-refractivity contribution < 1.29 is 4.79 Å². The van der Waals surface area contributed by atoms with E-state index in [4.69, 9.17) is 4.99 Å². The zero-order valence-electron chi connectivity index (χ0n) is 15.1. The summed E-state index contributed by atoms with van der Waals surface area (Å²) in [5.41, 5.74) is 0. The summed E-state index contributed by atoms with van der Waals surface area (Å²) in [7, 11) is 2.17. The molecule has 132 valence electrons. The van der Waals surface area contributed by atoms with E-state index in [0.717, 1.165) is 45.1 Å². The Morgan fingerprint density at radius 2 is 2.04 bits per heavy atom. The van der Waals surface area contributed by atoms with Crippen molar-refractivity contribution >= 4 is 11.9 Å². The molecular formula is C17H33N5O. The second kappa shape index (κ2) is 8.52. The standard InChI is InChI=1S/C17H33N5O/c1-5-18-17(19-10-14-6-8-21(4)11-14)20-15-7-9-22(12-15)16(23)13(2)3/h13-15H,5-12H2,1-4H3,(H2,18,19,20). The summed E-state index contributed by atoms with van der Waals surface area (Å²) in [6.45, 7) is 11.7. The van der Waals surface area contributed by atoms with E-state index in [9.17, 15) is 4.79 Å². The van der Waals surface area contributed by atoms with Crippen molar-refractivity contribution in [2.75, 3.05) is 46.3 Å². The largest absolute Gasteiger partial charge is 0.357 e. The van der Waals surface area contributed by atoms with Gasteiger partial charge in [-0.1, -0.05) is 13.8 Å². The third-order valence-electron chi connectivity index (χ3n) is 4.68. The predicted molar refractivity (Wildman–Crippen MR) is 94.5 cm³/mol. The third kappa shape index (κ3) is 5.37. The first-order valence-corrected chi connectivity index (χ1v) is 9.01. The Morgan fingerprint density at radius 3 is 2.65 bits per heavy atom. The number of nitrogens with zero attached hydrogens (tertiary/aromatic N) is 3. The van der Waals surface area contributed by atoms with Crippen LogP contribution in [0.15, 0.2) is 4.99 Å². The van der Waals surface area contributed by atoms with Gasteiger partial charge < -0.3 is 20.4 Å². The average Bonchev–Trinajstić information content (AvgIpc) is 3.13. The summed E-state index contributed by atoms with van der Waals surface area (Å²) in [5, 5.41) is 6.84. The second-order valence-electron chi connectivity index (χ2n) is 7.21. The molecule has 6 heteroatoms. The Balaban J connectivity index is 1.83. The van der Waals surface area contributed by atoms with Crippen LogP contribution >= 0.6 is 0 Å². The van der Waals surface area contributed by atoms with E-state index in [1.807, 2.05) is 18.7 Å². The molecule has 2 aliphatic rings. The number of amides is 1. The molecule has 0 aromatic carbocycles. The van der Waals surface area contributed by atoms with Crippen LogP contribution in [-0.2, 0) is 4.79 Å². The SMILES string of the molecule is CCNC(=NCC1CCN(C)C1)NC1CCN(C(=O)C(C)C)C1. The van der Waals surface area contributed by atoms with Crippen molar-refractivity contribution in [3.8, 4) is 0 Å². The highest BCUT2D eigenvalue weighted by Crippen LogP contribution is 2.15. The van der Waals surface area contributed by atoms with Crippen LogP contribution in [0.4, 0.5) is 0 Å². The van der Waals surface area contributed by atoms with Crippen molar-refractivity contribution in [2.24, 2.45) is 16.8 Å². The van der Waals surface area contributed by atoms with E-state index in [-0.39, 0.29) is 11.8 Å². The Labute approximate surface area is 140 Å². The van der Waals surface area contributed by atoms with Gasteiger partial charge in [-0.3, -0.25) is 9.79 Å². The molecule has 0 aromatic heterocycles. The molecule has 2 rings (SSSR count). The van der Waals surface area contributed by atoms with Crippen LogP contribution in [0, 0.1) is 11.8 Å². The number of carbonyl (C=O) groups excluding carboxylic acids is 1. The number of carbonyl (C=O) groups is 1. The van der Waals surface area contributed by atoms with Crippen LogP contribution in [-0.4, -0.2) is 74.0 Å². The summed E-state index contributed by atoms with van der Waals surface area (Å²) < 4.78 is 0. The molecule has 1 amide bonds. The lowest BCUT2D eigenvalue weighted by atomic mass is 10.1. The quantitative estimate of drug-likeness (QED) is 0.579. The van der Waals surface area contributed by atoms with E-state index < -0.39 is 0 Å². The molecule has 0 spiro atoms. The van der Waals surface area contributed by atoms with Gasteiger partial charge in [-0.25, -0.2) is 0 Å². The van der Waals surface area contributed by atoms with Gasteiger partial charge in [0.2, 0.25) is 5.91 Å². The van der Waals surface area contributed by atoms with Crippen LogP contribution < -0.4 is 10.6 Å². The van der Waals surface area contributed by atoms with Crippen LogP contribution in [0.2, 0.25) is 0 Å². The molecule has 0 aliphatic carbocycles. The van der Waals surface area contributed by atoms with Crippen molar-refractivity contribution in [3.05, 3.63) is 0 Å². The van der Waals surface area contributed by atoms with E-state index in [0.29, 0.717) is 12.0 Å². The molecule has 2 heterocycles. The highest BCUT2D eigenvalue weighted by atomic mass is 16.2. The molecule has 2 saturated heterocycles. The molecule has 0 aromatic rings. The van der Waals surface area contributed by atoms with Crippen LogP contribution in [0.1, 0.15) is 33.6 Å². The normalized spacial score (nSPS) is 26.1. The fourth-order valence-electron chi connectivity index (χ4n) is 3.35. The van der Waals surface area contributed by atoms with Gasteiger partial charge in [0.1, 0.15) is 0 Å². The molecule has 0 saturated carbocycles. The predicted octanol–water partition coefficient (Wildman–Crippen LogP) is 0.750. The highest BCUT2D eigenvalue weighted by Gasteiger charge is 2.28. The second-order valence-corrected chi connectivity index (χ2v) is 7.21. The number of nitrogens with one attached hydrogen (secondary N) is 2. The summed E-state index contributed by atoms with van der Waals surface area (Å²) in [6, 6.07) is 0.307. The third-order valence-corrected chi connectivity index (χ3v) is 4.68. The van der Waals surface area contributed by atoms with Crippen LogP contribution in [0.5, 0.6) is 0 Å². The number of rotatable bonds is 5. The molecule has 2 atom stereocenters. The molecular weight excluding hydrogens is 290 g/mol. The van der Waals surface area contributed by atoms with Gasteiger partial charge in [0, 0.05) is 44.7 Å². The van der Waals surface area contributed by atoms with Gasteiger partial charge in [0.05, 0.1) is 0 Å². The van der Waals surface area contributed by atoms with E-state index in [1.165, 1.54) is 13.0 Å². The van der Waals surface area contributed by atoms with E-state index in [2.05, 4.69) is 29.5 Å². The van der Waals surface area contributed by atoms with Gasteiger partial charge in [-0.2, -0.15) is 0 Å². The van der Waals surface area contributed by atoms with E-state index in [1.54, 1.807) is 0 Å². The molecule has 23 heavy (non-hydrogen) atoms. The highest BCUT2D eigenvalue weighted by molar-refractivity contribution is 5.81. The number of aliphatic imine (C=N–C) groups is 1. The van der Waals surface area contributed by atoms with Crippen molar-refractivity contribution in [1.82, 2.24) is 20.4 Å². The fourth-order valence-corrected chi connectivity index (χ4v) is 3.35. The maximum Gasteiger partial charge on any atom is 0.225 e. The lowest BCUT2D eigenvalue weighted by molar-refractivity contribution is -0.133. The molecule has 6 nitrogen and oxygen atoms in total. The zero-order chi connectivity index (χ0) is 16.8. The van der Waals surface area contributed by atoms with Crippen LogP contribution in [0.25, 0.3) is 0 Å². The lowest BCUT2D eigenvalue weighted by Gasteiger charge is -2.20. The number of likely N-dealkylation sites (tertiary alicyclic amines) is 2. The molecule has 2 fully saturated rings. The van der Waals surface area contributed by atoms with E-state index >= 15 is 0 Å². The Kier molecular flexibility index (Phi) is 6.69. The lowest BCUT2D eigenvalue weighted by Crippen LogP contribution is -2.45. The van der Waals surface area contributed by atoms with Crippen LogP contribution in [0.3, 0.4) is 0 Å². The minimum atomic E-state index is 0.0787. The minimum Gasteiger partial charge on any atom is -0.357 e. The number of guanidine groups is 1. The summed E-state index contributed by atoms with van der Waals surface area (Å²) in [4.78, 5) is 21.2. The Hall–Kier alpha value is -1.30. The Bertz CT molecular complexity index is 423. The van der Waals surface area contributed by atoms with Gasteiger partial charge >= 0.3 is 0 Å².